The molecule has 0 saturated heterocycles. The van der Waals surface area contributed by atoms with Gasteiger partial charge in [0.1, 0.15) is 11.7 Å². The summed E-state index contributed by atoms with van der Waals surface area (Å²) in [4.78, 5) is 23.6. The van der Waals surface area contributed by atoms with E-state index < -0.39 is 22.0 Å². The zero-order chi connectivity index (χ0) is 23.5. The number of hydrogen-bond acceptors (Lipinski definition) is 5. The molecule has 0 saturated carbocycles. The van der Waals surface area contributed by atoms with E-state index in [2.05, 4.69) is 27.3 Å². The average Bonchev–Trinajstić information content (AvgIpc) is 2.85. The monoisotopic (exact) mass is 465 g/mol. The molecule has 3 aromatic carbocycles. The first-order valence-electron chi connectivity index (χ1n) is 10.8. The molecule has 8 heteroatoms. The van der Waals surface area contributed by atoms with Crippen LogP contribution in [-0.4, -0.2) is 26.9 Å². The van der Waals surface area contributed by atoms with Crippen molar-refractivity contribution in [3.8, 4) is 0 Å². The van der Waals surface area contributed by atoms with Crippen LogP contribution in [0.4, 0.5) is 5.69 Å². The fourth-order valence-electron chi connectivity index (χ4n) is 3.41. The predicted octanol–water partition coefficient (Wildman–Crippen LogP) is 4.11. The summed E-state index contributed by atoms with van der Waals surface area (Å²) in [5.74, 6) is -0.396. The second kappa shape index (κ2) is 12.0. The number of nitrogens with one attached hydrogen (secondary N) is 2. The van der Waals surface area contributed by atoms with Crippen molar-refractivity contribution in [2.45, 2.75) is 36.6 Å². The minimum Gasteiger partial charge on any atom is -0.355 e. The molecule has 1 amide bonds. The number of nitrogens with zero attached hydrogens (tertiary/aromatic N) is 1. The Morgan fingerprint density at radius 3 is 2.09 bits per heavy atom. The third kappa shape index (κ3) is 7.62. The van der Waals surface area contributed by atoms with Gasteiger partial charge >= 0.3 is 0 Å². The maximum atomic E-state index is 12.9. The molecule has 3 aromatic rings. The summed E-state index contributed by atoms with van der Waals surface area (Å²) in [6.45, 7) is 0.448. The van der Waals surface area contributed by atoms with Gasteiger partial charge in [0.05, 0.1) is 4.90 Å². The number of rotatable bonds is 12. The minimum atomic E-state index is -3.89. The number of benzene rings is 3. The zero-order valence-corrected chi connectivity index (χ0v) is 19.0. The quantitative estimate of drug-likeness (QED) is 0.310. The van der Waals surface area contributed by atoms with E-state index >= 15 is 0 Å². The second-order valence-corrected chi connectivity index (χ2v) is 9.40. The third-order valence-corrected chi connectivity index (χ3v) is 6.67. The molecule has 33 heavy (non-hydrogen) atoms. The Bertz CT molecular complexity index is 1140. The van der Waals surface area contributed by atoms with Gasteiger partial charge in [-0.25, -0.2) is 8.42 Å². The van der Waals surface area contributed by atoms with Crippen molar-refractivity contribution in [3.05, 3.63) is 101 Å². The molecular formula is C25H27N3O4S. The Balaban J connectivity index is 1.63. The lowest BCUT2D eigenvalue weighted by molar-refractivity contribution is -0.122. The van der Waals surface area contributed by atoms with Gasteiger partial charge in [-0.1, -0.05) is 60.7 Å². The van der Waals surface area contributed by atoms with E-state index in [1.807, 2.05) is 18.2 Å². The van der Waals surface area contributed by atoms with Crippen LogP contribution in [0.1, 0.15) is 24.0 Å². The molecule has 0 aliphatic carbocycles. The van der Waals surface area contributed by atoms with Crippen LogP contribution in [0.3, 0.4) is 0 Å². The minimum absolute atomic E-state index is 0.0890. The molecular weight excluding hydrogens is 438 g/mol. The van der Waals surface area contributed by atoms with Gasteiger partial charge in [-0.15, -0.1) is 4.91 Å². The molecule has 0 fully saturated rings. The number of amides is 1. The molecule has 1 atom stereocenters. The van der Waals surface area contributed by atoms with Gasteiger partial charge in [0.25, 0.3) is 0 Å². The summed E-state index contributed by atoms with van der Waals surface area (Å²) in [5, 5.41) is 5.72. The Kier molecular flexibility index (Phi) is 8.86. The lowest BCUT2D eigenvalue weighted by Gasteiger charge is -2.19. The van der Waals surface area contributed by atoms with Crippen molar-refractivity contribution in [3.63, 3.8) is 0 Å². The van der Waals surface area contributed by atoms with Crippen LogP contribution in [0.15, 0.2) is 95.0 Å². The highest BCUT2D eigenvalue weighted by molar-refractivity contribution is 7.89. The Morgan fingerprint density at radius 2 is 1.45 bits per heavy atom. The SMILES string of the molecule is O=Nc1ccc(C[C@H](NS(=O)(=O)c2ccccc2)C(=O)NCCCCc2ccccc2)cc1. The number of carbonyl (C=O) groups is 1. The standard InChI is InChI=1S/C25H27N3O4S/c29-25(26-18-8-7-11-20-9-3-1-4-10-20)24(19-21-14-16-22(27-30)17-15-21)28-33(31,32)23-12-5-2-6-13-23/h1-6,9-10,12-17,24,28H,7-8,11,18-19H2,(H,26,29)/t24-/m0/s1. The van der Waals surface area contributed by atoms with Crippen LogP contribution in [0.25, 0.3) is 0 Å². The number of aryl methyl sites for hydroxylation is 1. The van der Waals surface area contributed by atoms with Crippen LogP contribution < -0.4 is 10.0 Å². The average molecular weight is 466 g/mol. The fraction of sp³-hybridized carbons (Fsp3) is 0.240. The molecule has 172 valence electrons. The molecule has 0 unspecified atom stereocenters. The molecule has 0 radical (unpaired) electrons. The van der Waals surface area contributed by atoms with Crippen LogP contribution in [0, 0.1) is 4.91 Å². The highest BCUT2D eigenvalue weighted by Gasteiger charge is 2.25. The molecule has 0 bridgehead atoms. The molecule has 0 spiro atoms. The maximum Gasteiger partial charge on any atom is 0.241 e. The highest BCUT2D eigenvalue weighted by Crippen LogP contribution is 2.15. The van der Waals surface area contributed by atoms with E-state index in [1.54, 1.807) is 30.3 Å². The van der Waals surface area contributed by atoms with Gasteiger partial charge in [0, 0.05) is 6.54 Å². The van der Waals surface area contributed by atoms with Crippen LogP contribution in [0.5, 0.6) is 0 Å². The van der Waals surface area contributed by atoms with Crippen LogP contribution in [0.2, 0.25) is 0 Å². The van der Waals surface area contributed by atoms with Crippen molar-refractivity contribution in [1.82, 2.24) is 10.0 Å². The van der Waals surface area contributed by atoms with Gasteiger partial charge in [-0.05, 0) is 66.3 Å². The number of hydrogen-bond donors (Lipinski definition) is 2. The van der Waals surface area contributed by atoms with E-state index in [0.717, 1.165) is 19.3 Å². The van der Waals surface area contributed by atoms with E-state index in [-0.39, 0.29) is 17.0 Å². The molecule has 7 nitrogen and oxygen atoms in total. The van der Waals surface area contributed by atoms with Gasteiger partial charge < -0.3 is 5.32 Å². The Labute approximate surface area is 194 Å². The van der Waals surface area contributed by atoms with Crippen molar-refractivity contribution in [1.29, 1.82) is 0 Å². The van der Waals surface area contributed by atoms with Crippen molar-refractivity contribution in [2.75, 3.05) is 6.54 Å². The van der Waals surface area contributed by atoms with E-state index in [0.29, 0.717) is 12.1 Å². The van der Waals surface area contributed by atoms with Crippen molar-refractivity contribution >= 4 is 21.6 Å². The molecule has 3 rings (SSSR count). The van der Waals surface area contributed by atoms with E-state index in [4.69, 9.17) is 0 Å². The Morgan fingerprint density at radius 1 is 0.818 bits per heavy atom. The van der Waals surface area contributed by atoms with Gasteiger partial charge in [0.15, 0.2) is 0 Å². The summed E-state index contributed by atoms with van der Waals surface area (Å²) in [5.41, 5.74) is 2.22. The number of unbranched alkanes of at least 4 members (excludes halogenated alkanes) is 1. The largest absolute Gasteiger partial charge is 0.355 e. The topological polar surface area (TPSA) is 105 Å². The lowest BCUT2D eigenvalue weighted by atomic mass is 10.1. The lowest BCUT2D eigenvalue weighted by Crippen LogP contribution is -2.48. The van der Waals surface area contributed by atoms with Crippen molar-refractivity contribution in [2.24, 2.45) is 5.18 Å². The molecule has 0 aromatic heterocycles. The Hall–Kier alpha value is -3.36. The summed E-state index contributed by atoms with van der Waals surface area (Å²) in [6.07, 6.45) is 2.74. The number of nitroso groups, excluding NO2 is 1. The van der Waals surface area contributed by atoms with Gasteiger partial charge in [0.2, 0.25) is 15.9 Å². The third-order valence-electron chi connectivity index (χ3n) is 5.18. The summed E-state index contributed by atoms with van der Waals surface area (Å²) >= 11 is 0. The van der Waals surface area contributed by atoms with Crippen LogP contribution >= 0.6 is 0 Å². The highest BCUT2D eigenvalue weighted by atomic mass is 32.2. The zero-order valence-electron chi connectivity index (χ0n) is 18.2. The first-order chi connectivity index (χ1) is 16.0. The summed E-state index contributed by atoms with van der Waals surface area (Å²) in [7, 11) is -3.89. The maximum absolute atomic E-state index is 12.9. The normalized spacial score (nSPS) is 12.1. The molecule has 0 heterocycles. The smallest absolute Gasteiger partial charge is 0.241 e. The molecule has 0 aliphatic heterocycles. The fourth-order valence-corrected chi connectivity index (χ4v) is 4.62. The summed E-state index contributed by atoms with van der Waals surface area (Å²) in [6, 6.07) is 23.4. The first kappa shape index (κ1) is 24.3. The summed E-state index contributed by atoms with van der Waals surface area (Å²) < 4.78 is 28.2. The predicted molar refractivity (Wildman–Crippen MR) is 129 cm³/mol. The van der Waals surface area contributed by atoms with Gasteiger partial charge in [-0.2, -0.15) is 4.72 Å². The van der Waals surface area contributed by atoms with Crippen LogP contribution in [-0.2, 0) is 27.7 Å². The van der Waals surface area contributed by atoms with Crippen molar-refractivity contribution < 1.29 is 13.2 Å². The number of carbonyl (C=O) groups excluding carboxylic acids is 1. The van der Waals surface area contributed by atoms with Gasteiger partial charge in [-0.3, -0.25) is 4.79 Å². The molecule has 0 aliphatic rings. The number of sulfonamides is 1. The van der Waals surface area contributed by atoms with E-state index in [1.165, 1.54) is 29.8 Å². The first-order valence-corrected chi connectivity index (χ1v) is 12.3. The van der Waals surface area contributed by atoms with E-state index in [9.17, 15) is 18.1 Å². The molecule has 2 N–H and O–H groups in total. The second-order valence-electron chi connectivity index (χ2n) is 7.68.